The number of halogens is 2. The molecule has 0 spiro atoms. The largest absolute Gasteiger partial charge is 0.232 e. The van der Waals surface area contributed by atoms with E-state index in [0.717, 1.165) is 39.4 Å². The van der Waals surface area contributed by atoms with Gasteiger partial charge in [-0.3, -0.25) is 0 Å². The molecule has 2 rings (SSSR count). The van der Waals surface area contributed by atoms with Gasteiger partial charge in [-0.2, -0.15) is 5.10 Å². The molecule has 96 valence electrons. The summed E-state index contributed by atoms with van der Waals surface area (Å²) in [7, 11) is 0. The Balaban J connectivity index is 2.69. The third-order valence-electron chi connectivity index (χ3n) is 2.93. The molecule has 0 saturated carbocycles. The number of rotatable bonds is 2. The molecule has 0 aliphatic rings. The smallest absolute Gasteiger partial charge is 0.156 e. The fourth-order valence-corrected chi connectivity index (χ4v) is 2.64. The molecule has 18 heavy (non-hydrogen) atoms. The maximum absolute atomic E-state index is 6.08. The molecule has 2 heterocycles. The van der Waals surface area contributed by atoms with Crippen LogP contribution in [0.2, 0.25) is 5.02 Å². The van der Waals surface area contributed by atoms with Crippen molar-refractivity contribution < 1.29 is 0 Å². The van der Waals surface area contributed by atoms with Crippen LogP contribution in [-0.2, 0) is 6.42 Å². The van der Waals surface area contributed by atoms with Gasteiger partial charge in [-0.05, 0) is 54.8 Å². The molecular formula is C13H15BrClN3. The van der Waals surface area contributed by atoms with E-state index >= 15 is 0 Å². The SMILES string of the molecule is CCc1c(Br)c(C)nn1-c1nc(C)c(Cl)cc1C. The Morgan fingerprint density at radius 3 is 2.56 bits per heavy atom. The number of nitrogens with zero attached hydrogens (tertiary/aromatic N) is 3. The number of aryl methyl sites for hydroxylation is 3. The average molecular weight is 329 g/mol. The Morgan fingerprint density at radius 1 is 1.28 bits per heavy atom. The molecule has 3 nitrogen and oxygen atoms in total. The van der Waals surface area contributed by atoms with Crippen LogP contribution in [0, 0.1) is 20.8 Å². The molecule has 0 fully saturated rings. The van der Waals surface area contributed by atoms with Crippen LogP contribution in [0.15, 0.2) is 10.5 Å². The summed E-state index contributed by atoms with van der Waals surface area (Å²) >= 11 is 9.66. The summed E-state index contributed by atoms with van der Waals surface area (Å²) in [6, 6.07) is 1.93. The molecule has 0 aliphatic heterocycles. The summed E-state index contributed by atoms with van der Waals surface area (Å²) in [6.07, 6.45) is 0.893. The van der Waals surface area contributed by atoms with Gasteiger partial charge < -0.3 is 0 Å². The highest BCUT2D eigenvalue weighted by Gasteiger charge is 2.16. The molecular weight excluding hydrogens is 314 g/mol. The lowest BCUT2D eigenvalue weighted by molar-refractivity contribution is 0.770. The molecule has 2 aromatic heterocycles. The van der Waals surface area contributed by atoms with Gasteiger partial charge >= 0.3 is 0 Å². The first-order chi connectivity index (χ1) is 8.45. The van der Waals surface area contributed by atoms with Crippen LogP contribution in [0.3, 0.4) is 0 Å². The van der Waals surface area contributed by atoms with Gasteiger partial charge in [0.1, 0.15) is 0 Å². The third-order valence-corrected chi connectivity index (χ3v) is 4.34. The molecule has 0 aromatic carbocycles. The Kier molecular flexibility index (Phi) is 3.78. The second kappa shape index (κ2) is 5.02. The van der Waals surface area contributed by atoms with Gasteiger partial charge in [-0.15, -0.1) is 0 Å². The third kappa shape index (κ3) is 2.19. The molecule has 2 aromatic rings. The Morgan fingerprint density at radius 2 is 1.94 bits per heavy atom. The number of hydrogen-bond donors (Lipinski definition) is 0. The zero-order chi connectivity index (χ0) is 13.4. The topological polar surface area (TPSA) is 30.7 Å². The van der Waals surface area contributed by atoms with E-state index in [9.17, 15) is 0 Å². The van der Waals surface area contributed by atoms with Crippen molar-refractivity contribution in [3.8, 4) is 5.82 Å². The number of pyridine rings is 1. The lowest BCUT2D eigenvalue weighted by Gasteiger charge is -2.10. The number of hydrogen-bond acceptors (Lipinski definition) is 2. The van der Waals surface area contributed by atoms with Crippen LogP contribution in [-0.4, -0.2) is 14.8 Å². The van der Waals surface area contributed by atoms with Gasteiger partial charge in [0.05, 0.1) is 26.6 Å². The minimum absolute atomic E-state index is 0.692. The van der Waals surface area contributed by atoms with Gasteiger partial charge in [0.15, 0.2) is 5.82 Å². The maximum Gasteiger partial charge on any atom is 0.156 e. The second-order valence-corrected chi connectivity index (χ2v) is 5.51. The number of aromatic nitrogens is 3. The van der Waals surface area contributed by atoms with Crippen LogP contribution < -0.4 is 0 Å². The summed E-state index contributed by atoms with van der Waals surface area (Å²) in [5.74, 6) is 0.850. The quantitative estimate of drug-likeness (QED) is 0.828. The fraction of sp³-hybridized carbons (Fsp3) is 0.385. The van der Waals surface area contributed by atoms with Crippen molar-refractivity contribution in [1.82, 2.24) is 14.8 Å². The highest BCUT2D eigenvalue weighted by atomic mass is 79.9. The van der Waals surface area contributed by atoms with Crippen molar-refractivity contribution in [2.45, 2.75) is 34.1 Å². The van der Waals surface area contributed by atoms with Crippen molar-refractivity contribution >= 4 is 27.5 Å². The molecule has 0 bridgehead atoms. The van der Waals surface area contributed by atoms with E-state index in [-0.39, 0.29) is 0 Å². The fourth-order valence-electron chi connectivity index (χ4n) is 1.91. The summed E-state index contributed by atoms with van der Waals surface area (Å²) < 4.78 is 2.96. The lowest BCUT2D eigenvalue weighted by atomic mass is 10.2. The van der Waals surface area contributed by atoms with Crippen LogP contribution in [0.1, 0.15) is 29.6 Å². The van der Waals surface area contributed by atoms with Crippen LogP contribution >= 0.6 is 27.5 Å². The van der Waals surface area contributed by atoms with Gasteiger partial charge in [-0.25, -0.2) is 9.67 Å². The minimum Gasteiger partial charge on any atom is -0.232 e. The van der Waals surface area contributed by atoms with E-state index in [0.29, 0.717) is 5.02 Å². The minimum atomic E-state index is 0.692. The van der Waals surface area contributed by atoms with E-state index in [1.54, 1.807) is 0 Å². The van der Waals surface area contributed by atoms with E-state index in [2.05, 4.69) is 32.9 Å². The van der Waals surface area contributed by atoms with Gasteiger partial charge in [-0.1, -0.05) is 18.5 Å². The molecule has 5 heteroatoms. The molecule has 0 radical (unpaired) electrons. The zero-order valence-electron chi connectivity index (χ0n) is 10.9. The van der Waals surface area contributed by atoms with Crippen LogP contribution in [0.5, 0.6) is 0 Å². The Labute approximate surface area is 120 Å². The molecule has 0 unspecified atom stereocenters. The van der Waals surface area contributed by atoms with E-state index < -0.39 is 0 Å². The van der Waals surface area contributed by atoms with E-state index in [4.69, 9.17) is 11.6 Å². The van der Waals surface area contributed by atoms with Gasteiger partial charge in [0.25, 0.3) is 0 Å². The van der Waals surface area contributed by atoms with Crippen molar-refractivity contribution in [1.29, 1.82) is 0 Å². The summed E-state index contributed by atoms with van der Waals surface area (Å²) in [5.41, 5.74) is 3.95. The normalized spacial score (nSPS) is 11.0. The highest BCUT2D eigenvalue weighted by molar-refractivity contribution is 9.10. The van der Waals surface area contributed by atoms with Crippen LogP contribution in [0.25, 0.3) is 5.82 Å². The first kappa shape index (κ1) is 13.6. The monoisotopic (exact) mass is 327 g/mol. The second-order valence-electron chi connectivity index (χ2n) is 4.31. The Hall–Kier alpha value is -0.870. The molecule has 0 amide bonds. The van der Waals surface area contributed by atoms with E-state index in [1.807, 2.05) is 31.5 Å². The van der Waals surface area contributed by atoms with Crippen LogP contribution in [0.4, 0.5) is 0 Å². The van der Waals surface area contributed by atoms with Gasteiger partial charge in [0.2, 0.25) is 0 Å². The van der Waals surface area contributed by atoms with Crippen molar-refractivity contribution in [2.75, 3.05) is 0 Å². The predicted octanol–water partition coefficient (Wildman–Crippen LogP) is 4.17. The van der Waals surface area contributed by atoms with Crippen molar-refractivity contribution in [3.05, 3.63) is 38.2 Å². The molecule has 0 aliphatic carbocycles. The summed E-state index contributed by atoms with van der Waals surface area (Å²) in [5, 5.41) is 5.24. The Bertz CT molecular complexity index is 605. The van der Waals surface area contributed by atoms with E-state index in [1.165, 1.54) is 0 Å². The lowest BCUT2D eigenvalue weighted by Crippen LogP contribution is -2.07. The van der Waals surface area contributed by atoms with Crippen molar-refractivity contribution in [2.24, 2.45) is 0 Å². The molecule has 0 N–H and O–H groups in total. The molecule has 0 saturated heterocycles. The summed E-state index contributed by atoms with van der Waals surface area (Å²) in [6.45, 7) is 7.99. The summed E-state index contributed by atoms with van der Waals surface area (Å²) in [4.78, 5) is 4.55. The van der Waals surface area contributed by atoms with Crippen molar-refractivity contribution in [3.63, 3.8) is 0 Å². The predicted molar refractivity (Wildman–Crippen MR) is 77.7 cm³/mol. The first-order valence-electron chi connectivity index (χ1n) is 5.83. The zero-order valence-corrected chi connectivity index (χ0v) is 13.2. The highest BCUT2D eigenvalue weighted by Crippen LogP contribution is 2.26. The first-order valence-corrected chi connectivity index (χ1v) is 7.00. The maximum atomic E-state index is 6.08. The van der Waals surface area contributed by atoms with Gasteiger partial charge in [0, 0.05) is 0 Å². The molecule has 0 atom stereocenters. The standard InChI is InChI=1S/C13H15BrClN3/c1-5-11-12(14)9(4)17-18(11)13-7(2)6-10(15)8(3)16-13/h6H,5H2,1-4H3. The average Bonchev–Trinajstić information content (AvgIpc) is 2.60.